The molecule has 26 heavy (non-hydrogen) atoms. The van der Waals surface area contributed by atoms with Crippen molar-refractivity contribution in [1.29, 1.82) is 5.26 Å². The van der Waals surface area contributed by atoms with Crippen molar-refractivity contribution in [2.24, 2.45) is 4.99 Å². The highest BCUT2D eigenvalue weighted by Gasteiger charge is 2.29. The van der Waals surface area contributed by atoms with Crippen molar-refractivity contribution < 1.29 is 9.13 Å². The lowest BCUT2D eigenvalue weighted by Crippen LogP contribution is -2.14. The maximum atomic E-state index is 14.2. The van der Waals surface area contributed by atoms with Gasteiger partial charge in [0.05, 0.1) is 12.0 Å². The molecule has 0 spiro atoms. The maximum Gasteiger partial charge on any atom is 0.218 e. The Labute approximate surface area is 157 Å². The third-order valence-corrected chi connectivity index (χ3v) is 4.65. The van der Waals surface area contributed by atoms with Crippen molar-refractivity contribution in [3.63, 3.8) is 0 Å². The Bertz CT molecular complexity index is 862. The van der Waals surface area contributed by atoms with E-state index >= 15 is 0 Å². The molecule has 0 aliphatic rings. The van der Waals surface area contributed by atoms with E-state index in [0.717, 1.165) is 34.9 Å². The number of benzene rings is 1. The number of alkyl halides is 1. The van der Waals surface area contributed by atoms with Gasteiger partial charge in [-0.05, 0) is 57.9 Å². The summed E-state index contributed by atoms with van der Waals surface area (Å²) >= 11 is 0.987. The number of ether oxygens (including phenoxy) is 1. The van der Waals surface area contributed by atoms with E-state index in [1.54, 1.807) is 6.34 Å². The van der Waals surface area contributed by atoms with Crippen LogP contribution >= 0.6 is 11.5 Å². The second-order valence-electron chi connectivity index (χ2n) is 6.60. The van der Waals surface area contributed by atoms with Gasteiger partial charge in [0.1, 0.15) is 28.7 Å². The van der Waals surface area contributed by atoms with Crippen molar-refractivity contribution >= 4 is 23.6 Å². The van der Waals surface area contributed by atoms with Crippen LogP contribution < -0.4 is 4.74 Å². The van der Waals surface area contributed by atoms with Gasteiger partial charge in [-0.25, -0.2) is 9.38 Å². The molecule has 0 saturated heterocycles. The first kappa shape index (κ1) is 19.9. The fourth-order valence-electron chi connectivity index (χ4n) is 2.21. The average molecular weight is 374 g/mol. The van der Waals surface area contributed by atoms with Crippen LogP contribution in [0.3, 0.4) is 0 Å². The molecule has 1 heterocycles. The minimum absolute atomic E-state index is 0.109. The van der Waals surface area contributed by atoms with E-state index in [4.69, 9.17) is 4.74 Å². The summed E-state index contributed by atoms with van der Waals surface area (Å²) in [6.45, 7) is 9.53. The zero-order valence-electron chi connectivity index (χ0n) is 15.9. The van der Waals surface area contributed by atoms with Crippen LogP contribution in [0.15, 0.2) is 17.1 Å². The lowest BCUT2D eigenvalue weighted by Gasteiger charge is -2.13. The van der Waals surface area contributed by atoms with Gasteiger partial charge in [0.15, 0.2) is 0 Å². The van der Waals surface area contributed by atoms with Gasteiger partial charge >= 0.3 is 0 Å². The van der Waals surface area contributed by atoms with E-state index < -0.39 is 5.67 Å². The fourth-order valence-corrected chi connectivity index (χ4v) is 3.06. The fraction of sp³-hybridized carbons (Fsp3) is 0.421. The zero-order chi connectivity index (χ0) is 19.5. The molecule has 0 unspecified atom stereocenters. The molecular formula is C19H23FN4OS. The van der Waals surface area contributed by atoms with E-state index in [9.17, 15) is 9.65 Å². The van der Waals surface area contributed by atoms with E-state index in [0.29, 0.717) is 10.8 Å². The molecule has 0 N–H and O–H groups in total. The normalized spacial score (nSPS) is 11.6. The average Bonchev–Trinajstić information content (AvgIpc) is 2.99. The van der Waals surface area contributed by atoms with Crippen LogP contribution in [0.1, 0.15) is 43.2 Å². The summed E-state index contributed by atoms with van der Waals surface area (Å²) in [5, 5.41) is 9.69. The Morgan fingerprint density at radius 3 is 2.65 bits per heavy atom. The summed E-state index contributed by atoms with van der Waals surface area (Å²) < 4.78 is 24.2. The molecule has 2 aromatic rings. The molecule has 7 heteroatoms. The number of rotatable bonds is 6. The summed E-state index contributed by atoms with van der Waals surface area (Å²) in [4.78, 5) is 6.47. The van der Waals surface area contributed by atoms with E-state index in [2.05, 4.69) is 16.3 Å². The molecule has 0 aliphatic carbocycles. The maximum absolute atomic E-state index is 14.2. The number of nitrogens with zero attached hydrogens (tertiary/aromatic N) is 4. The van der Waals surface area contributed by atoms with Crippen molar-refractivity contribution in [3.8, 4) is 16.9 Å². The van der Waals surface area contributed by atoms with Crippen LogP contribution in [0.4, 0.5) is 10.1 Å². The number of aromatic nitrogens is 1. The summed E-state index contributed by atoms with van der Waals surface area (Å²) in [6, 6.07) is 5.81. The topological polar surface area (TPSA) is 61.5 Å². The SMILES string of the molecule is CCN(C)/C=N\c1cc(C)c(Oc2snc(C(C)(C)F)c2C#N)cc1C. The molecule has 0 radical (unpaired) electrons. The van der Waals surface area contributed by atoms with Gasteiger partial charge in [-0.15, -0.1) is 0 Å². The monoisotopic (exact) mass is 374 g/mol. The lowest BCUT2D eigenvalue weighted by atomic mass is 10.0. The number of aryl methyl sites for hydroxylation is 2. The van der Waals surface area contributed by atoms with Crippen LogP contribution in [0.2, 0.25) is 0 Å². The lowest BCUT2D eigenvalue weighted by molar-refractivity contribution is 0.215. The predicted molar refractivity (Wildman–Crippen MR) is 103 cm³/mol. The smallest absolute Gasteiger partial charge is 0.218 e. The van der Waals surface area contributed by atoms with Gasteiger partial charge in [0.25, 0.3) is 0 Å². The number of aliphatic imine (C=N–C) groups is 1. The Balaban J connectivity index is 2.35. The Hall–Kier alpha value is -2.46. The van der Waals surface area contributed by atoms with Gasteiger partial charge in [-0.3, -0.25) is 0 Å². The highest BCUT2D eigenvalue weighted by atomic mass is 32.1. The first-order chi connectivity index (χ1) is 12.2. The molecule has 1 aromatic heterocycles. The van der Waals surface area contributed by atoms with Gasteiger partial charge in [-0.2, -0.15) is 9.64 Å². The molecule has 0 aliphatic heterocycles. The third kappa shape index (κ3) is 4.38. The van der Waals surface area contributed by atoms with Gasteiger partial charge in [0.2, 0.25) is 5.06 Å². The number of hydrogen-bond acceptors (Lipinski definition) is 5. The second kappa shape index (κ2) is 7.83. The molecule has 138 valence electrons. The highest BCUT2D eigenvalue weighted by molar-refractivity contribution is 7.08. The first-order valence-electron chi connectivity index (χ1n) is 8.30. The number of nitriles is 1. The number of hydrogen-bond donors (Lipinski definition) is 0. The van der Waals surface area contributed by atoms with Crippen molar-refractivity contribution in [1.82, 2.24) is 9.27 Å². The van der Waals surface area contributed by atoms with Crippen molar-refractivity contribution in [3.05, 3.63) is 34.5 Å². The quantitative estimate of drug-likeness (QED) is 0.512. The molecule has 0 saturated carbocycles. The summed E-state index contributed by atoms with van der Waals surface area (Å²) in [6.07, 6.45) is 1.79. The van der Waals surface area contributed by atoms with Crippen molar-refractivity contribution in [2.45, 2.75) is 40.3 Å². The number of halogens is 1. The summed E-state index contributed by atoms with van der Waals surface area (Å²) in [7, 11) is 1.96. The molecule has 2 rings (SSSR count). The van der Waals surface area contributed by atoms with Crippen LogP contribution in [0.25, 0.3) is 0 Å². The largest absolute Gasteiger partial charge is 0.443 e. The minimum atomic E-state index is -1.70. The summed E-state index contributed by atoms with van der Waals surface area (Å²) in [5.74, 6) is 0.605. The Kier molecular flexibility index (Phi) is 5.98. The highest BCUT2D eigenvalue weighted by Crippen LogP contribution is 2.39. The molecule has 1 aromatic carbocycles. The first-order valence-corrected chi connectivity index (χ1v) is 9.07. The molecule has 0 atom stereocenters. The van der Waals surface area contributed by atoms with Crippen LogP contribution in [-0.4, -0.2) is 29.2 Å². The van der Waals surface area contributed by atoms with Gasteiger partial charge < -0.3 is 9.64 Å². The van der Waals surface area contributed by atoms with Gasteiger partial charge in [0, 0.05) is 25.1 Å². The molecule has 5 nitrogen and oxygen atoms in total. The third-order valence-electron chi connectivity index (χ3n) is 3.92. The van der Waals surface area contributed by atoms with Crippen LogP contribution in [0, 0.1) is 25.2 Å². The Morgan fingerprint density at radius 2 is 2.08 bits per heavy atom. The van der Waals surface area contributed by atoms with E-state index in [-0.39, 0.29) is 11.3 Å². The molecular weight excluding hydrogens is 351 g/mol. The Morgan fingerprint density at radius 1 is 1.38 bits per heavy atom. The molecule has 0 fully saturated rings. The molecule has 0 bridgehead atoms. The molecule has 0 amide bonds. The predicted octanol–water partition coefficient (Wildman–Crippen LogP) is 5.24. The van der Waals surface area contributed by atoms with E-state index in [1.165, 1.54) is 13.8 Å². The second-order valence-corrected chi connectivity index (χ2v) is 7.34. The van der Waals surface area contributed by atoms with Gasteiger partial charge in [-0.1, -0.05) is 0 Å². The van der Waals surface area contributed by atoms with E-state index in [1.807, 2.05) is 44.0 Å². The van der Waals surface area contributed by atoms with Crippen LogP contribution in [-0.2, 0) is 5.67 Å². The van der Waals surface area contributed by atoms with Crippen molar-refractivity contribution in [2.75, 3.05) is 13.6 Å². The zero-order valence-corrected chi connectivity index (χ0v) is 16.7. The minimum Gasteiger partial charge on any atom is -0.443 e. The van der Waals surface area contributed by atoms with Crippen LogP contribution in [0.5, 0.6) is 10.8 Å². The standard InChI is InChI=1S/C19H23FN4OS/c1-7-24(6)11-22-15-8-13(3)16(9-12(15)2)25-18-14(10-21)17(23-26-18)19(4,5)20/h8-9,11H,7H2,1-6H3/b22-11-. The summed E-state index contributed by atoms with van der Waals surface area (Å²) in [5.41, 5.74) is 1.23.